The molecule has 1 aromatic heterocycles. The maximum absolute atomic E-state index is 13.0. The summed E-state index contributed by atoms with van der Waals surface area (Å²) in [5.41, 5.74) is 0.945. The highest BCUT2D eigenvalue weighted by Gasteiger charge is 2.17. The van der Waals surface area contributed by atoms with Crippen LogP contribution in [-0.2, 0) is 9.59 Å². The van der Waals surface area contributed by atoms with Gasteiger partial charge in [0.05, 0.1) is 0 Å². The van der Waals surface area contributed by atoms with Gasteiger partial charge in [0.1, 0.15) is 5.82 Å². The Morgan fingerprint density at radius 3 is 2.58 bits per heavy atom. The Bertz CT molecular complexity index is 792. The molecule has 3 rings (SSSR count). The number of thiophene rings is 1. The molecule has 1 aromatic carbocycles. The van der Waals surface area contributed by atoms with Crippen LogP contribution in [0.3, 0.4) is 0 Å². The third kappa shape index (κ3) is 5.02. The van der Waals surface area contributed by atoms with Crippen LogP contribution in [0, 0.1) is 5.82 Å². The van der Waals surface area contributed by atoms with E-state index in [0.29, 0.717) is 13.0 Å². The van der Waals surface area contributed by atoms with Crippen molar-refractivity contribution in [3.8, 4) is 10.4 Å². The van der Waals surface area contributed by atoms with Crippen molar-refractivity contribution in [2.24, 2.45) is 0 Å². The van der Waals surface area contributed by atoms with E-state index in [1.54, 1.807) is 18.2 Å². The molecule has 1 aliphatic rings. The third-order valence-electron chi connectivity index (χ3n) is 4.25. The molecule has 1 N–H and O–H groups in total. The van der Waals surface area contributed by atoms with Crippen molar-refractivity contribution in [3.05, 3.63) is 53.2 Å². The molecule has 1 fully saturated rings. The maximum Gasteiger partial charge on any atom is 0.244 e. The van der Waals surface area contributed by atoms with Crippen molar-refractivity contribution in [3.63, 3.8) is 0 Å². The Hall–Kier alpha value is -2.47. The number of nitrogens with zero attached hydrogens (tertiary/aromatic N) is 1. The first-order valence-corrected chi connectivity index (χ1v) is 9.53. The molecule has 2 aromatic rings. The third-order valence-corrected chi connectivity index (χ3v) is 5.35. The number of hydrogen-bond donors (Lipinski definition) is 1. The van der Waals surface area contributed by atoms with E-state index in [9.17, 15) is 14.0 Å². The summed E-state index contributed by atoms with van der Waals surface area (Å²) in [6, 6.07) is 10.2. The highest BCUT2D eigenvalue weighted by molar-refractivity contribution is 7.16. The Kier molecular flexibility index (Phi) is 6.17. The zero-order valence-electron chi connectivity index (χ0n) is 14.4. The molecule has 6 heteroatoms. The van der Waals surface area contributed by atoms with Crippen LogP contribution in [-0.4, -0.2) is 36.3 Å². The van der Waals surface area contributed by atoms with E-state index >= 15 is 0 Å². The van der Waals surface area contributed by atoms with Gasteiger partial charge in [0, 0.05) is 41.9 Å². The SMILES string of the molecule is O=C(/C=C/c1ccc(-c2ccc(F)cc2)s1)NCCC(=O)N1CCCC1. The molecule has 136 valence electrons. The highest BCUT2D eigenvalue weighted by atomic mass is 32.1. The minimum absolute atomic E-state index is 0.106. The average molecular weight is 372 g/mol. The van der Waals surface area contributed by atoms with Gasteiger partial charge in [0.15, 0.2) is 0 Å². The lowest BCUT2D eigenvalue weighted by atomic mass is 10.2. The fourth-order valence-electron chi connectivity index (χ4n) is 2.85. The minimum Gasteiger partial charge on any atom is -0.352 e. The minimum atomic E-state index is -0.259. The fourth-order valence-corrected chi connectivity index (χ4v) is 3.76. The zero-order valence-corrected chi connectivity index (χ0v) is 15.2. The standard InChI is InChI=1S/C20H21FN2O2S/c21-16-5-3-15(4-6-16)18-9-7-17(26-18)8-10-19(24)22-12-11-20(25)23-13-1-2-14-23/h3-10H,1-2,11-14H2,(H,22,24)/b10-8+. The summed E-state index contributed by atoms with van der Waals surface area (Å²) in [6.07, 6.45) is 5.70. The molecule has 0 atom stereocenters. The van der Waals surface area contributed by atoms with Crippen LogP contribution in [0.1, 0.15) is 24.1 Å². The van der Waals surface area contributed by atoms with Gasteiger partial charge in [-0.1, -0.05) is 12.1 Å². The van der Waals surface area contributed by atoms with Gasteiger partial charge >= 0.3 is 0 Å². The van der Waals surface area contributed by atoms with Gasteiger partial charge in [-0.25, -0.2) is 4.39 Å². The predicted molar refractivity (Wildman–Crippen MR) is 102 cm³/mol. The van der Waals surface area contributed by atoms with Gasteiger partial charge in [-0.15, -0.1) is 11.3 Å². The van der Waals surface area contributed by atoms with E-state index in [4.69, 9.17) is 0 Å². The first kappa shape index (κ1) is 18.3. The number of halogens is 1. The van der Waals surface area contributed by atoms with Crippen LogP contribution < -0.4 is 5.32 Å². The summed E-state index contributed by atoms with van der Waals surface area (Å²) >= 11 is 1.53. The monoisotopic (exact) mass is 372 g/mol. The summed E-state index contributed by atoms with van der Waals surface area (Å²) < 4.78 is 13.0. The van der Waals surface area contributed by atoms with Gasteiger partial charge in [-0.05, 0) is 48.7 Å². The number of carbonyl (C=O) groups excluding carboxylic acids is 2. The quantitative estimate of drug-likeness (QED) is 0.786. The van der Waals surface area contributed by atoms with Crippen LogP contribution >= 0.6 is 11.3 Å². The van der Waals surface area contributed by atoms with Crippen LogP contribution in [0.5, 0.6) is 0 Å². The molecule has 1 aliphatic heterocycles. The van der Waals surface area contributed by atoms with Gasteiger partial charge < -0.3 is 10.2 Å². The summed E-state index contributed by atoms with van der Waals surface area (Å²) in [7, 11) is 0. The molecule has 0 spiro atoms. The number of nitrogens with one attached hydrogen (secondary N) is 1. The molecule has 1 saturated heterocycles. The lowest BCUT2D eigenvalue weighted by Gasteiger charge is -2.14. The highest BCUT2D eigenvalue weighted by Crippen LogP contribution is 2.28. The van der Waals surface area contributed by atoms with Crippen LogP contribution in [0.15, 0.2) is 42.5 Å². The smallest absolute Gasteiger partial charge is 0.244 e. The predicted octanol–water partition coefficient (Wildman–Crippen LogP) is 3.70. The molecular weight excluding hydrogens is 351 g/mol. The number of carbonyl (C=O) groups is 2. The summed E-state index contributed by atoms with van der Waals surface area (Å²) in [5, 5.41) is 2.74. The van der Waals surface area contributed by atoms with Gasteiger partial charge in [0.2, 0.25) is 11.8 Å². The Morgan fingerprint density at radius 2 is 1.85 bits per heavy atom. The maximum atomic E-state index is 13.0. The molecule has 0 radical (unpaired) electrons. The summed E-state index contributed by atoms with van der Waals surface area (Å²) in [6.45, 7) is 2.02. The van der Waals surface area contributed by atoms with Crippen molar-refractivity contribution < 1.29 is 14.0 Å². The Balaban J connectivity index is 1.46. The summed E-state index contributed by atoms with van der Waals surface area (Å²) in [5.74, 6) is -0.366. The first-order chi connectivity index (χ1) is 12.6. The van der Waals surface area contributed by atoms with Gasteiger partial charge in [-0.3, -0.25) is 9.59 Å². The van der Waals surface area contributed by atoms with Crippen molar-refractivity contribution in [2.75, 3.05) is 19.6 Å². The van der Waals surface area contributed by atoms with E-state index in [2.05, 4.69) is 5.32 Å². The molecule has 2 heterocycles. The molecule has 4 nitrogen and oxygen atoms in total. The van der Waals surface area contributed by atoms with E-state index in [-0.39, 0.29) is 17.6 Å². The molecule has 26 heavy (non-hydrogen) atoms. The lowest BCUT2D eigenvalue weighted by molar-refractivity contribution is -0.130. The number of rotatable bonds is 6. The molecule has 2 amide bonds. The van der Waals surface area contributed by atoms with E-state index in [0.717, 1.165) is 41.2 Å². The van der Waals surface area contributed by atoms with Crippen molar-refractivity contribution in [1.29, 1.82) is 0 Å². The Morgan fingerprint density at radius 1 is 1.12 bits per heavy atom. The van der Waals surface area contributed by atoms with Crippen molar-refractivity contribution >= 4 is 29.2 Å². The number of amides is 2. The second-order valence-electron chi connectivity index (χ2n) is 6.17. The molecule has 0 saturated carbocycles. The van der Waals surface area contributed by atoms with Crippen LogP contribution in [0.2, 0.25) is 0 Å². The number of hydrogen-bond acceptors (Lipinski definition) is 3. The van der Waals surface area contributed by atoms with Crippen LogP contribution in [0.25, 0.3) is 16.5 Å². The second kappa shape index (κ2) is 8.76. The number of likely N-dealkylation sites (tertiary alicyclic amines) is 1. The average Bonchev–Trinajstić information content (AvgIpc) is 3.32. The molecule has 0 aliphatic carbocycles. The van der Waals surface area contributed by atoms with Crippen molar-refractivity contribution in [1.82, 2.24) is 10.2 Å². The molecular formula is C20H21FN2O2S. The first-order valence-electron chi connectivity index (χ1n) is 8.71. The second-order valence-corrected chi connectivity index (χ2v) is 7.29. The lowest BCUT2D eigenvalue weighted by Crippen LogP contribution is -2.32. The van der Waals surface area contributed by atoms with Gasteiger partial charge in [-0.2, -0.15) is 0 Å². The number of benzene rings is 1. The molecule has 0 unspecified atom stereocenters. The van der Waals surface area contributed by atoms with E-state index in [1.165, 1.54) is 29.5 Å². The van der Waals surface area contributed by atoms with Gasteiger partial charge in [0.25, 0.3) is 0 Å². The molecule has 0 bridgehead atoms. The van der Waals surface area contributed by atoms with E-state index in [1.807, 2.05) is 17.0 Å². The van der Waals surface area contributed by atoms with E-state index < -0.39 is 0 Å². The van der Waals surface area contributed by atoms with Crippen LogP contribution in [0.4, 0.5) is 4.39 Å². The summed E-state index contributed by atoms with van der Waals surface area (Å²) in [4.78, 5) is 27.6. The fraction of sp³-hybridized carbons (Fsp3) is 0.300. The zero-order chi connectivity index (χ0) is 18.4. The Labute approximate surface area is 156 Å². The van der Waals surface area contributed by atoms with Crippen molar-refractivity contribution in [2.45, 2.75) is 19.3 Å². The topological polar surface area (TPSA) is 49.4 Å². The normalized spacial score (nSPS) is 14.1. The largest absolute Gasteiger partial charge is 0.352 e.